The number of hydrogen-bond donors (Lipinski definition) is 1. The highest BCUT2D eigenvalue weighted by Crippen LogP contribution is 2.37. The van der Waals surface area contributed by atoms with Gasteiger partial charge in [-0.25, -0.2) is 4.98 Å². The fraction of sp³-hybridized carbons (Fsp3) is 0.238. The summed E-state index contributed by atoms with van der Waals surface area (Å²) in [5, 5.41) is 0.940. The summed E-state index contributed by atoms with van der Waals surface area (Å²) < 4.78 is 21.4. The highest BCUT2D eigenvalue weighted by atomic mass is 35.5. The Hall–Kier alpha value is -2.90. The molecule has 0 saturated carbocycles. The number of methoxy groups -OCH3 is 3. The monoisotopic (exact) mass is 450 g/mol. The van der Waals surface area contributed by atoms with Crippen molar-refractivity contribution in [2.75, 3.05) is 27.9 Å². The predicted molar refractivity (Wildman–Crippen MR) is 118 cm³/mol. The van der Waals surface area contributed by atoms with E-state index in [1.165, 1.54) is 21.3 Å². The molecule has 0 amide bonds. The van der Waals surface area contributed by atoms with Crippen LogP contribution in [0.25, 0.3) is 22.0 Å². The minimum atomic E-state index is -0.356. The standard InChI is InChI=1S/C21H20Cl2N2O5/c1-5-30-18-8-11(6-13(22)19(18)29-4)7-14(23)20-24-15-10-17(28-3)16(27-2)9-12(15)21(26)25-20/h6-10H,5H2,1-4H3,(H,24,25,26)/b14-7-. The summed E-state index contributed by atoms with van der Waals surface area (Å²) in [6, 6.07) is 6.61. The zero-order chi connectivity index (χ0) is 21.8. The van der Waals surface area contributed by atoms with Crippen LogP contribution in [-0.2, 0) is 0 Å². The van der Waals surface area contributed by atoms with Gasteiger partial charge in [-0.1, -0.05) is 23.2 Å². The molecule has 0 spiro atoms. The second-order valence-corrected chi connectivity index (χ2v) is 6.91. The smallest absolute Gasteiger partial charge is 0.259 e. The van der Waals surface area contributed by atoms with E-state index in [0.29, 0.717) is 51.1 Å². The molecule has 0 bridgehead atoms. The first kappa shape index (κ1) is 21.8. The SMILES string of the molecule is CCOc1cc(/C=C(\Cl)c2nc3cc(OC)c(OC)cc3c(=O)[nH]2)cc(Cl)c1OC. The maximum atomic E-state index is 12.6. The third-order valence-corrected chi connectivity index (χ3v) is 4.83. The summed E-state index contributed by atoms with van der Waals surface area (Å²) in [4.78, 5) is 19.7. The van der Waals surface area contributed by atoms with Crippen molar-refractivity contribution >= 4 is 45.2 Å². The molecule has 0 radical (unpaired) electrons. The van der Waals surface area contributed by atoms with Crippen LogP contribution in [0.4, 0.5) is 0 Å². The van der Waals surface area contributed by atoms with Crippen molar-refractivity contribution in [3.63, 3.8) is 0 Å². The number of rotatable bonds is 7. The van der Waals surface area contributed by atoms with Crippen LogP contribution in [0.1, 0.15) is 18.3 Å². The van der Waals surface area contributed by atoms with Gasteiger partial charge in [-0.15, -0.1) is 0 Å². The summed E-state index contributed by atoms with van der Waals surface area (Å²) in [5.41, 5.74) is 0.718. The quantitative estimate of drug-likeness (QED) is 0.559. The molecule has 1 aromatic heterocycles. The lowest BCUT2D eigenvalue weighted by atomic mass is 10.1. The average molecular weight is 451 g/mol. The highest BCUT2D eigenvalue weighted by Gasteiger charge is 2.14. The number of hydrogen-bond acceptors (Lipinski definition) is 6. The maximum absolute atomic E-state index is 12.6. The van der Waals surface area contributed by atoms with Gasteiger partial charge in [0.25, 0.3) is 5.56 Å². The van der Waals surface area contributed by atoms with Gasteiger partial charge in [0.15, 0.2) is 28.8 Å². The van der Waals surface area contributed by atoms with Gasteiger partial charge in [-0.3, -0.25) is 4.79 Å². The summed E-state index contributed by atoms with van der Waals surface area (Å²) in [6.45, 7) is 2.30. The lowest BCUT2D eigenvalue weighted by molar-refractivity contribution is 0.311. The number of H-pyrrole nitrogens is 1. The first-order valence-electron chi connectivity index (χ1n) is 8.95. The van der Waals surface area contributed by atoms with Crippen LogP contribution in [-0.4, -0.2) is 37.9 Å². The first-order valence-corrected chi connectivity index (χ1v) is 9.71. The Labute approximate surface area is 183 Å². The molecule has 3 aromatic rings. The molecular formula is C21H20Cl2N2O5. The number of aromatic amines is 1. The lowest BCUT2D eigenvalue weighted by Crippen LogP contribution is -2.11. The van der Waals surface area contributed by atoms with Gasteiger partial charge in [0.1, 0.15) is 0 Å². The van der Waals surface area contributed by atoms with Crippen molar-refractivity contribution in [1.82, 2.24) is 9.97 Å². The number of nitrogens with zero attached hydrogens (tertiary/aromatic N) is 1. The Morgan fingerprint density at radius 1 is 1.07 bits per heavy atom. The maximum Gasteiger partial charge on any atom is 0.259 e. The van der Waals surface area contributed by atoms with E-state index in [9.17, 15) is 4.79 Å². The molecule has 0 fully saturated rings. The molecular weight excluding hydrogens is 431 g/mol. The van der Waals surface area contributed by atoms with Crippen LogP contribution in [0.2, 0.25) is 5.02 Å². The second-order valence-electron chi connectivity index (χ2n) is 6.10. The third kappa shape index (κ3) is 4.32. The topological polar surface area (TPSA) is 82.7 Å². The van der Waals surface area contributed by atoms with Crippen molar-refractivity contribution < 1.29 is 18.9 Å². The lowest BCUT2D eigenvalue weighted by Gasteiger charge is -2.12. The van der Waals surface area contributed by atoms with E-state index in [0.717, 1.165) is 0 Å². The van der Waals surface area contributed by atoms with Crippen LogP contribution in [0, 0.1) is 0 Å². The Kier molecular flexibility index (Phi) is 6.74. The molecule has 0 aliphatic heterocycles. The van der Waals surface area contributed by atoms with E-state index < -0.39 is 0 Å². The van der Waals surface area contributed by atoms with E-state index in [1.54, 1.807) is 30.3 Å². The molecule has 2 aromatic carbocycles. The van der Waals surface area contributed by atoms with Crippen molar-refractivity contribution in [1.29, 1.82) is 0 Å². The Balaban J connectivity index is 2.09. The number of ether oxygens (including phenoxy) is 4. The third-order valence-electron chi connectivity index (χ3n) is 4.27. The van der Waals surface area contributed by atoms with Gasteiger partial charge < -0.3 is 23.9 Å². The van der Waals surface area contributed by atoms with E-state index in [-0.39, 0.29) is 16.4 Å². The molecule has 0 saturated heterocycles. The Bertz CT molecular complexity index is 1170. The molecule has 3 rings (SSSR count). The van der Waals surface area contributed by atoms with Crippen LogP contribution in [0.15, 0.2) is 29.1 Å². The Morgan fingerprint density at radius 2 is 1.77 bits per heavy atom. The zero-order valence-corrected chi connectivity index (χ0v) is 18.4. The van der Waals surface area contributed by atoms with Crippen molar-refractivity contribution in [2.45, 2.75) is 6.92 Å². The minimum Gasteiger partial charge on any atom is -0.493 e. The highest BCUT2D eigenvalue weighted by molar-refractivity contribution is 6.50. The van der Waals surface area contributed by atoms with Crippen molar-refractivity contribution in [3.05, 3.63) is 51.0 Å². The molecule has 158 valence electrons. The van der Waals surface area contributed by atoms with Crippen LogP contribution < -0.4 is 24.5 Å². The summed E-state index contributed by atoms with van der Waals surface area (Å²) in [5.74, 6) is 2.01. The number of aromatic nitrogens is 2. The molecule has 30 heavy (non-hydrogen) atoms. The number of benzene rings is 2. The molecule has 0 aliphatic rings. The summed E-state index contributed by atoms with van der Waals surface area (Å²) in [7, 11) is 4.52. The van der Waals surface area contributed by atoms with E-state index >= 15 is 0 Å². The second kappa shape index (κ2) is 9.28. The van der Waals surface area contributed by atoms with E-state index in [4.69, 9.17) is 42.1 Å². The fourth-order valence-electron chi connectivity index (χ4n) is 2.93. The number of nitrogens with one attached hydrogen (secondary N) is 1. The van der Waals surface area contributed by atoms with Crippen molar-refractivity contribution in [3.8, 4) is 23.0 Å². The first-order chi connectivity index (χ1) is 14.4. The normalized spacial score (nSPS) is 11.5. The summed E-state index contributed by atoms with van der Waals surface area (Å²) in [6.07, 6.45) is 1.63. The number of fused-ring (bicyclic) bond motifs is 1. The number of halogens is 2. The predicted octanol–water partition coefficient (Wildman–Crippen LogP) is 4.74. The van der Waals surface area contributed by atoms with Gasteiger partial charge >= 0.3 is 0 Å². The van der Waals surface area contributed by atoms with Crippen LogP contribution in [0.3, 0.4) is 0 Å². The van der Waals surface area contributed by atoms with Gasteiger partial charge in [-0.2, -0.15) is 0 Å². The van der Waals surface area contributed by atoms with Crippen LogP contribution >= 0.6 is 23.2 Å². The van der Waals surface area contributed by atoms with Crippen LogP contribution in [0.5, 0.6) is 23.0 Å². The van der Waals surface area contributed by atoms with E-state index in [2.05, 4.69) is 9.97 Å². The van der Waals surface area contributed by atoms with Gasteiger partial charge in [0.05, 0.1) is 48.9 Å². The van der Waals surface area contributed by atoms with Gasteiger partial charge in [0.2, 0.25) is 0 Å². The minimum absolute atomic E-state index is 0.200. The fourth-order valence-corrected chi connectivity index (χ4v) is 3.44. The molecule has 1 heterocycles. The van der Waals surface area contributed by atoms with E-state index in [1.807, 2.05) is 6.92 Å². The molecule has 7 nitrogen and oxygen atoms in total. The molecule has 0 unspecified atom stereocenters. The molecule has 0 aliphatic carbocycles. The molecule has 0 atom stereocenters. The summed E-state index contributed by atoms with van der Waals surface area (Å²) >= 11 is 12.7. The molecule has 9 heteroatoms. The molecule has 1 N–H and O–H groups in total. The Morgan fingerprint density at radius 3 is 2.40 bits per heavy atom. The van der Waals surface area contributed by atoms with Crippen molar-refractivity contribution in [2.24, 2.45) is 0 Å². The zero-order valence-electron chi connectivity index (χ0n) is 16.8. The van der Waals surface area contributed by atoms with Gasteiger partial charge in [-0.05, 0) is 36.8 Å². The van der Waals surface area contributed by atoms with Gasteiger partial charge in [0, 0.05) is 6.07 Å². The average Bonchev–Trinajstić information content (AvgIpc) is 2.72. The largest absolute Gasteiger partial charge is 0.493 e.